The average molecular weight is 212 g/mol. The second-order valence-corrected chi connectivity index (χ2v) is 2.95. The van der Waals surface area contributed by atoms with E-state index in [1.54, 1.807) is 0 Å². The lowest BCUT2D eigenvalue weighted by molar-refractivity contribution is 0.110. The summed E-state index contributed by atoms with van der Waals surface area (Å²) in [7, 11) is 1.32. The highest BCUT2D eigenvalue weighted by Gasteiger charge is 2.23. The van der Waals surface area contributed by atoms with E-state index < -0.39 is 5.82 Å². The molecule has 0 unspecified atom stereocenters. The minimum atomic E-state index is -0.725. The smallest absolute Gasteiger partial charge is 0.179 e. The quantitative estimate of drug-likeness (QED) is 0.695. The number of ether oxygens (including phenoxy) is 3. The van der Waals surface area contributed by atoms with Crippen molar-refractivity contribution in [3.8, 4) is 17.2 Å². The number of hydrogen-bond acceptors (Lipinski definition) is 4. The molecule has 80 valence electrons. The molecule has 0 aromatic heterocycles. The Balaban J connectivity index is 2.63. The molecule has 0 N–H and O–H groups in total. The van der Waals surface area contributed by atoms with E-state index in [0.717, 1.165) is 0 Å². The number of fused-ring (bicyclic) bond motifs is 1. The van der Waals surface area contributed by atoms with Gasteiger partial charge in [-0.2, -0.15) is 0 Å². The lowest BCUT2D eigenvalue weighted by Gasteiger charge is -2.20. The van der Waals surface area contributed by atoms with Crippen LogP contribution >= 0.6 is 0 Å². The second kappa shape index (κ2) is 3.76. The SMILES string of the molecule is COc1cc2c(c(C=O)c1F)OCCO2. The molecule has 1 aliphatic heterocycles. The van der Waals surface area contributed by atoms with Crippen LogP contribution in [-0.4, -0.2) is 26.6 Å². The Morgan fingerprint density at radius 3 is 2.87 bits per heavy atom. The number of halogens is 1. The largest absolute Gasteiger partial charge is 0.494 e. The van der Waals surface area contributed by atoms with Crippen molar-refractivity contribution in [2.24, 2.45) is 0 Å². The summed E-state index contributed by atoms with van der Waals surface area (Å²) in [5, 5.41) is 0. The third kappa shape index (κ3) is 1.49. The molecule has 2 rings (SSSR count). The van der Waals surface area contributed by atoms with Gasteiger partial charge in [0.1, 0.15) is 13.2 Å². The maximum Gasteiger partial charge on any atom is 0.179 e. The predicted molar refractivity (Wildman–Crippen MR) is 49.3 cm³/mol. The normalized spacial score (nSPS) is 13.5. The van der Waals surface area contributed by atoms with E-state index in [-0.39, 0.29) is 17.1 Å². The van der Waals surface area contributed by atoms with Crippen molar-refractivity contribution in [2.45, 2.75) is 0 Å². The minimum absolute atomic E-state index is 0.0265. The van der Waals surface area contributed by atoms with Gasteiger partial charge in [-0.3, -0.25) is 4.79 Å². The maximum atomic E-state index is 13.6. The van der Waals surface area contributed by atoms with E-state index in [4.69, 9.17) is 14.2 Å². The molecule has 0 spiro atoms. The van der Waals surface area contributed by atoms with Gasteiger partial charge in [0.25, 0.3) is 0 Å². The topological polar surface area (TPSA) is 44.8 Å². The van der Waals surface area contributed by atoms with Crippen LogP contribution in [0.25, 0.3) is 0 Å². The number of carbonyl (C=O) groups excluding carboxylic acids is 1. The van der Waals surface area contributed by atoms with E-state index in [1.165, 1.54) is 13.2 Å². The number of benzene rings is 1. The standard InChI is InChI=1S/C10H9FO4/c1-13-7-4-8-10(15-3-2-14-8)6(5-12)9(7)11/h4-5H,2-3H2,1H3. The van der Waals surface area contributed by atoms with Gasteiger partial charge in [-0.05, 0) is 0 Å². The van der Waals surface area contributed by atoms with Gasteiger partial charge in [-0.25, -0.2) is 4.39 Å². The number of carbonyl (C=O) groups is 1. The third-order valence-corrected chi connectivity index (χ3v) is 2.11. The summed E-state index contributed by atoms with van der Waals surface area (Å²) in [6.45, 7) is 0.680. The highest BCUT2D eigenvalue weighted by atomic mass is 19.1. The van der Waals surface area contributed by atoms with Gasteiger partial charge >= 0.3 is 0 Å². The van der Waals surface area contributed by atoms with E-state index in [2.05, 4.69) is 0 Å². The molecule has 0 fully saturated rings. The Kier molecular flexibility index (Phi) is 2.45. The Hall–Kier alpha value is -1.78. The molecule has 1 aromatic rings. The van der Waals surface area contributed by atoms with Crippen molar-refractivity contribution in [3.63, 3.8) is 0 Å². The molecule has 0 radical (unpaired) electrons. The summed E-state index contributed by atoms with van der Waals surface area (Å²) in [6, 6.07) is 1.37. The Labute approximate surface area is 85.6 Å². The van der Waals surface area contributed by atoms with Gasteiger partial charge in [0.2, 0.25) is 0 Å². The van der Waals surface area contributed by atoms with Crippen molar-refractivity contribution in [3.05, 3.63) is 17.4 Å². The summed E-state index contributed by atoms with van der Waals surface area (Å²) in [5.74, 6) is -0.269. The van der Waals surface area contributed by atoms with Crippen molar-refractivity contribution < 1.29 is 23.4 Å². The van der Waals surface area contributed by atoms with E-state index >= 15 is 0 Å². The fourth-order valence-electron chi connectivity index (χ4n) is 1.42. The van der Waals surface area contributed by atoms with Crippen LogP contribution in [0.4, 0.5) is 4.39 Å². The van der Waals surface area contributed by atoms with Crippen LogP contribution in [0.5, 0.6) is 17.2 Å². The molecule has 1 aromatic carbocycles. The molecular formula is C10H9FO4. The van der Waals surface area contributed by atoms with Crippen LogP contribution in [0.2, 0.25) is 0 Å². The zero-order valence-electron chi connectivity index (χ0n) is 8.08. The lowest BCUT2D eigenvalue weighted by atomic mass is 10.1. The molecule has 1 aliphatic rings. The zero-order valence-corrected chi connectivity index (χ0v) is 8.08. The predicted octanol–water partition coefficient (Wildman–Crippen LogP) is 1.42. The number of hydrogen-bond donors (Lipinski definition) is 0. The zero-order chi connectivity index (χ0) is 10.8. The molecular weight excluding hydrogens is 203 g/mol. The molecule has 4 nitrogen and oxygen atoms in total. The molecule has 15 heavy (non-hydrogen) atoms. The van der Waals surface area contributed by atoms with E-state index in [0.29, 0.717) is 25.2 Å². The number of methoxy groups -OCH3 is 1. The molecule has 0 atom stereocenters. The first-order valence-corrected chi connectivity index (χ1v) is 4.39. The van der Waals surface area contributed by atoms with Gasteiger partial charge < -0.3 is 14.2 Å². The van der Waals surface area contributed by atoms with E-state index in [1.807, 2.05) is 0 Å². The fraction of sp³-hybridized carbons (Fsp3) is 0.300. The monoisotopic (exact) mass is 212 g/mol. The third-order valence-electron chi connectivity index (χ3n) is 2.11. The highest BCUT2D eigenvalue weighted by Crippen LogP contribution is 2.39. The Bertz CT molecular complexity index is 403. The van der Waals surface area contributed by atoms with Crippen LogP contribution in [0.3, 0.4) is 0 Å². The highest BCUT2D eigenvalue weighted by molar-refractivity contribution is 5.83. The van der Waals surface area contributed by atoms with Crippen molar-refractivity contribution in [1.29, 1.82) is 0 Å². The fourth-order valence-corrected chi connectivity index (χ4v) is 1.42. The van der Waals surface area contributed by atoms with Crippen molar-refractivity contribution in [2.75, 3.05) is 20.3 Å². The van der Waals surface area contributed by atoms with Gasteiger partial charge in [0, 0.05) is 6.07 Å². The Morgan fingerprint density at radius 1 is 1.47 bits per heavy atom. The lowest BCUT2D eigenvalue weighted by Crippen LogP contribution is -2.17. The van der Waals surface area contributed by atoms with Crippen LogP contribution < -0.4 is 14.2 Å². The summed E-state index contributed by atoms with van der Waals surface area (Å²) in [5.41, 5.74) is -0.163. The van der Waals surface area contributed by atoms with Gasteiger partial charge in [0.05, 0.1) is 12.7 Å². The number of rotatable bonds is 2. The summed E-state index contributed by atoms with van der Waals surface area (Å²) >= 11 is 0. The van der Waals surface area contributed by atoms with Crippen molar-refractivity contribution in [1.82, 2.24) is 0 Å². The minimum Gasteiger partial charge on any atom is -0.494 e. The summed E-state index contributed by atoms with van der Waals surface area (Å²) in [4.78, 5) is 10.7. The average Bonchev–Trinajstić information content (AvgIpc) is 2.28. The molecule has 0 bridgehead atoms. The molecule has 0 aliphatic carbocycles. The summed E-state index contributed by atoms with van der Waals surface area (Å²) in [6.07, 6.45) is 0.394. The number of aldehydes is 1. The first-order chi connectivity index (χ1) is 7.27. The first-order valence-electron chi connectivity index (χ1n) is 4.39. The van der Waals surface area contributed by atoms with Crippen LogP contribution in [0.15, 0.2) is 6.07 Å². The first kappa shape index (κ1) is 9.76. The van der Waals surface area contributed by atoms with E-state index in [9.17, 15) is 9.18 Å². The Morgan fingerprint density at radius 2 is 2.20 bits per heavy atom. The summed E-state index contributed by atoms with van der Waals surface area (Å²) < 4.78 is 28.8. The van der Waals surface area contributed by atoms with Crippen molar-refractivity contribution >= 4 is 6.29 Å². The molecule has 0 saturated carbocycles. The van der Waals surface area contributed by atoms with Gasteiger partial charge in [0.15, 0.2) is 29.4 Å². The molecule has 5 heteroatoms. The molecule has 0 saturated heterocycles. The maximum absolute atomic E-state index is 13.6. The molecule has 0 amide bonds. The van der Waals surface area contributed by atoms with Crippen LogP contribution in [0.1, 0.15) is 10.4 Å². The van der Waals surface area contributed by atoms with Crippen LogP contribution in [0, 0.1) is 5.82 Å². The second-order valence-electron chi connectivity index (χ2n) is 2.95. The van der Waals surface area contributed by atoms with Crippen LogP contribution in [-0.2, 0) is 0 Å². The molecule has 1 heterocycles. The van der Waals surface area contributed by atoms with Gasteiger partial charge in [-0.15, -0.1) is 0 Å². The van der Waals surface area contributed by atoms with Gasteiger partial charge in [-0.1, -0.05) is 0 Å².